The first-order chi connectivity index (χ1) is 54.4. The Hall–Kier alpha value is -14.2. The van der Waals surface area contributed by atoms with Crippen molar-refractivity contribution in [2.45, 2.75) is 24.0 Å². The number of nitrogens with zero attached hydrogens (tertiary/aromatic N) is 2. The van der Waals surface area contributed by atoms with E-state index in [1.165, 1.54) is 44.5 Å². The molecule has 1 N–H and O–H groups in total. The van der Waals surface area contributed by atoms with E-state index in [1.54, 1.807) is 0 Å². The fourth-order valence-electron chi connectivity index (χ4n) is 16.4. The zero-order chi connectivity index (χ0) is 73.8. The highest BCUT2D eigenvalue weighted by Gasteiger charge is 2.48. The molecule has 6 nitrogen and oxygen atoms in total. The summed E-state index contributed by atoms with van der Waals surface area (Å²) in [5.41, 5.74) is 27.5. The number of benzene rings is 16. The second kappa shape index (κ2) is 29.6. The molecule has 2 unspecified atom stereocenters. The zero-order valence-corrected chi connectivity index (χ0v) is 60.7. The van der Waals surface area contributed by atoms with Crippen LogP contribution in [0.4, 0.5) is 45.5 Å². The molecule has 0 saturated carbocycles. The van der Waals surface area contributed by atoms with Gasteiger partial charge in [0.2, 0.25) is 0 Å². The molecule has 2 atom stereocenters. The fraction of sp³-hybridized carbons (Fsp3) is 0.0385. The monoisotopic (exact) mass is 1420 g/mol. The van der Waals surface area contributed by atoms with Crippen LogP contribution >= 0.6 is 0 Å². The highest BCUT2D eigenvalue weighted by Crippen LogP contribution is 2.60. The van der Waals surface area contributed by atoms with Crippen molar-refractivity contribution in [3.8, 4) is 56.4 Å². The van der Waals surface area contributed by atoms with Crippen LogP contribution < -0.4 is 29.3 Å². The van der Waals surface area contributed by atoms with Gasteiger partial charge in [-0.15, -0.1) is 0 Å². The van der Waals surface area contributed by atoms with E-state index in [1.807, 2.05) is 48.6 Å². The van der Waals surface area contributed by atoms with Crippen LogP contribution in [-0.4, -0.2) is 0 Å². The molecular formula is C104H77N3O3. The van der Waals surface area contributed by atoms with Crippen molar-refractivity contribution in [1.82, 2.24) is 0 Å². The van der Waals surface area contributed by atoms with Crippen LogP contribution in [0.1, 0.15) is 66.8 Å². The summed E-state index contributed by atoms with van der Waals surface area (Å²) in [7, 11) is 0. The summed E-state index contributed by atoms with van der Waals surface area (Å²) in [6, 6.07) is 144. The molecule has 0 spiro atoms. The highest BCUT2D eigenvalue weighted by atomic mass is 16.5. The lowest BCUT2D eigenvalue weighted by molar-refractivity contribution is 0.306. The summed E-state index contributed by atoms with van der Waals surface area (Å²) in [6.07, 6.45) is 3.72. The van der Waals surface area contributed by atoms with Gasteiger partial charge in [0, 0.05) is 45.5 Å². The van der Waals surface area contributed by atoms with Crippen LogP contribution in [0.3, 0.4) is 0 Å². The van der Waals surface area contributed by atoms with Gasteiger partial charge in [-0.05, 0) is 246 Å². The zero-order valence-electron chi connectivity index (χ0n) is 60.7. The van der Waals surface area contributed by atoms with E-state index in [4.69, 9.17) is 14.2 Å². The maximum absolute atomic E-state index is 6.50. The van der Waals surface area contributed by atoms with Crippen molar-refractivity contribution in [2.75, 3.05) is 15.1 Å². The van der Waals surface area contributed by atoms with Crippen molar-refractivity contribution < 1.29 is 14.2 Å². The van der Waals surface area contributed by atoms with E-state index >= 15 is 0 Å². The third kappa shape index (κ3) is 12.7. The topological polar surface area (TPSA) is 46.2 Å². The Morgan fingerprint density at radius 1 is 0.264 bits per heavy atom. The molecule has 16 aromatic carbocycles. The van der Waals surface area contributed by atoms with Crippen molar-refractivity contribution in [3.05, 3.63) is 480 Å². The smallest absolute Gasteiger partial charge is 0.127 e. The van der Waals surface area contributed by atoms with E-state index in [0.717, 1.165) is 124 Å². The van der Waals surface area contributed by atoms with Crippen LogP contribution in [0.2, 0.25) is 0 Å². The summed E-state index contributed by atoms with van der Waals surface area (Å²) in [5.74, 6) is 3.14. The van der Waals surface area contributed by atoms with Gasteiger partial charge in [0.15, 0.2) is 0 Å². The van der Waals surface area contributed by atoms with Gasteiger partial charge in [-0.1, -0.05) is 280 Å². The third-order valence-electron chi connectivity index (χ3n) is 21.6. The number of anilines is 8. The molecule has 0 aliphatic heterocycles. The van der Waals surface area contributed by atoms with Crippen molar-refractivity contribution in [3.63, 3.8) is 0 Å². The second-order valence-corrected chi connectivity index (χ2v) is 28.0. The summed E-state index contributed by atoms with van der Waals surface area (Å²) in [4.78, 5) is 4.77. The first kappa shape index (κ1) is 67.7. The quantitative estimate of drug-likeness (QED) is 0.0689. The van der Waals surface area contributed by atoms with Gasteiger partial charge in [-0.25, -0.2) is 0 Å². The molecule has 2 aliphatic carbocycles. The Morgan fingerprint density at radius 2 is 0.582 bits per heavy atom. The highest BCUT2D eigenvalue weighted by molar-refractivity contribution is 5.92. The minimum Gasteiger partial charge on any atom is -0.489 e. The van der Waals surface area contributed by atoms with Crippen LogP contribution in [0, 0.1) is 0 Å². The van der Waals surface area contributed by atoms with Crippen molar-refractivity contribution in [1.29, 1.82) is 0 Å². The number of nitrogens with one attached hydrogen (secondary N) is 1. The molecule has 0 aromatic heterocycles. The first-order valence-corrected chi connectivity index (χ1v) is 37.4. The molecule has 0 saturated heterocycles. The molecule has 2 aliphatic rings. The van der Waals surface area contributed by atoms with E-state index < -0.39 is 10.8 Å². The van der Waals surface area contributed by atoms with Crippen LogP contribution in [0.5, 0.6) is 23.0 Å². The van der Waals surface area contributed by atoms with Crippen LogP contribution in [0.15, 0.2) is 414 Å². The normalized spacial score (nSPS) is 14.2. The third-order valence-corrected chi connectivity index (χ3v) is 21.6. The van der Waals surface area contributed by atoms with Crippen LogP contribution in [-0.2, 0) is 24.0 Å². The Balaban J connectivity index is 0.694. The SMILES string of the molecule is C=Cc1ccc(COc2ccc(C3(c4ccc(Nc5ccccc5)cc4)c4ccccc4-c4ccc(N(c5ccccc5)c5ccc(-c6ccc(N(c7ccccc7)c7ccc8c(c7)C(c7ccc(OCc9ccc(C=C)cc9)cc7)(c7ccc(Oc9ccccc9)cc7)c7ccccc7-8)cc6)cc5)cc43)cc2)cc1. The van der Waals surface area contributed by atoms with Gasteiger partial charge in [0.25, 0.3) is 0 Å². The molecule has 110 heavy (non-hydrogen) atoms. The molecule has 0 radical (unpaired) electrons. The maximum atomic E-state index is 6.50. The maximum Gasteiger partial charge on any atom is 0.127 e. The van der Waals surface area contributed by atoms with E-state index in [0.29, 0.717) is 13.2 Å². The Morgan fingerprint density at radius 3 is 0.991 bits per heavy atom. The predicted molar refractivity (Wildman–Crippen MR) is 454 cm³/mol. The number of para-hydroxylation sites is 4. The van der Waals surface area contributed by atoms with E-state index in [-0.39, 0.29) is 0 Å². The van der Waals surface area contributed by atoms with Gasteiger partial charge in [-0.2, -0.15) is 0 Å². The average molecular weight is 1420 g/mol. The lowest BCUT2D eigenvalue weighted by Crippen LogP contribution is -2.28. The molecule has 6 heteroatoms. The van der Waals surface area contributed by atoms with Crippen LogP contribution in [0.25, 0.3) is 45.5 Å². The minimum atomic E-state index is -0.741. The molecule has 18 rings (SSSR count). The minimum absolute atomic E-state index is 0.445. The predicted octanol–water partition coefficient (Wildman–Crippen LogP) is 27.0. The summed E-state index contributed by atoms with van der Waals surface area (Å²) < 4.78 is 19.4. The molecule has 0 heterocycles. The summed E-state index contributed by atoms with van der Waals surface area (Å²) >= 11 is 0. The molecule has 0 fully saturated rings. The average Bonchev–Trinajstić information content (AvgIpc) is 1.54. The second-order valence-electron chi connectivity index (χ2n) is 28.0. The molecule has 526 valence electrons. The van der Waals surface area contributed by atoms with Gasteiger partial charge in [-0.3, -0.25) is 0 Å². The van der Waals surface area contributed by atoms with E-state index in [9.17, 15) is 0 Å². The largest absolute Gasteiger partial charge is 0.489 e. The number of fused-ring (bicyclic) bond motifs is 6. The van der Waals surface area contributed by atoms with Gasteiger partial charge < -0.3 is 29.3 Å². The molecule has 0 bridgehead atoms. The number of hydrogen-bond acceptors (Lipinski definition) is 6. The van der Waals surface area contributed by atoms with Gasteiger partial charge >= 0.3 is 0 Å². The molecule has 16 aromatic rings. The van der Waals surface area contributed by atoms with Gasteiger partial charge in [0.1, 0.15) is 36.2 Å². The first-order valence-electron chi connectivity index (χ1n) is 37.4. The number of ether oxygens (including phenoxy) is 3. The Bertz CT molecular complexity index is 5570. The lowest BCUT2D eigenvalue weighted by atomic mass is 9.67. The van der Waals surface area contributed by atoms with E-state index in [2.05, 4.69) is 392 Å². The standard InChI is InChI=1S/C104H77N3O3/c1-3-73-33-37-75(38-34-73)71-108-91-61-47-80(48-62-91)103(79-45-53-84(54-46-79)105-83-21-9-5-10-22-83)99-31-19-17-29-95(99)97-67-59-89(69-101(97)103)106(85-23-11-6-12-24-85)87-55-41-77(42-56-87)78-43-57-88(58-44-78)107(86-25-13-7-14-26-86)90-60-68-98-96-30-18-20-32-100(96)104(102(98)70-90,82-51-65-94(66-52-82)110-93-27-15-8-16-28-93)81-49-63-92(64-50-81)109-72-76-39-35-74(4-2)36-40-76/h3-70,105H,1-2,71-72H2. The van der Waals surface area contributed by atoms with Crippen molar-refractivity contribution in [2.24, 2.45) is 0 Å². The summed E-state index contributed by atoms with van der Waals surface area (Å²) in [6.45, 7) is 8.77. The number of rotatable bonds is 23. The Kier molecular flexibility index (Phi) is 18.2. The lowest BCUT2D eigenvalue weighted by Gasteiger charge is -2.35. The number of hydrogen-bond donors (Lipinski definition) is 1. The fourth-order valence-corrected chi connectivity index (χ4v) is 16.4. The molecular weight excluding hydrogens is 1340 g/mol. The van der Waals surface area contributed by atoms with Gasteiger partial charge in [0.05, 0.1) is 10.8 Å². The summed E-state index contributed by atoms with van der Waals surface area (Å²) in [5, 5.41) is 3.64. The van der Waals surface area contributed by atoms with Crippen molar-refractivity contribution >= 4 is 57.7 Å². The Labute approximate surface area is 643 Å². The molecule has 0 amide bonds.